The zero-order valence-electron chi connectivity index (χ0n) is 13.8. The Hall–Kier alpha value is -2.88. The molecule has 0 aliphatic heterocycles. The average molecular weight is 322 g/mol. The van der Waals surface area contributed by atoms with Crippen molar-refractivity contribution in [3.8, 4) is 11.5 Å². The molecule has 1 N–H and O–H groups in total. The highest BCUT2D eigenvalue weighted by Crippen LogP contribution is 2.35. The highest BCUT2D eigenvalue weighted by molar-refractivity contribution is 6.27. The summed E-state index contributed by atoms with van der Waals surface area (Å²) in [5.74, 6) is -0.337. The van der Waals surface area contributed by atoms with Gasteiger partial charge in [0.15, 0.2) is 11.5 Å². The van der Waals surface area contributed by atoms with Gasteiger partial charge in [0.1, 0.15) is 11.5 Å². The number of phenols is 1. The second kappa shape index (κ2) is 5.96. The van der Waals surface area contributed by atoms with Crippen molar-refractivity contribution < 1.29 is 19.4 Å². The largest absolute Gasteiger partial charge is 0.507 e. The highest BCUT2D eigenvalue weighted by atomic mass is 16.5. The minimum Gasteiger partial charge on any atom is -0.507 e. The fraction of sp³-hybridized carbons (Fsp3) is 0.200. The molecule has 1 aliphatic rings. The first-order chi connectivity index (χ1) is 11.5. The molecule has 2 aromatic rings. The summed E-state index contributed by atoms with van der Waals surface area (Å²) in [6.45, 7) is 5.28. The molecule has 0 fully saturated rings. The van der Waals surface area contributed by atoms with E-state index >= 15 is 0 Å². The molecule has 0 aromatic heterocycles. The Morgan fingerprint density at radius 2 is 1.67 bits per heavy atom. The third-order valence-electron chi connectivity index (χ3n) is 4.30. The predicted octanol–water partition coefficient (Wildman–Crippen LogP) is 4.00. The number of rotatable bonds is 3. The van der Waals surface area contributed by atoms with E-state index in [1.165, 1.54) is 6.07 Å². The molecule has 0 unspecified atom stereocenters. The molecule has 0 saturated carbocycles. The number of allylic oxidation sites excluding steroid dienone is 2. The standard InChI is InChI=1S/C20H18O4/c1-4-13-7-5-6-8-15(13)24-20-12(3)18(22)17-14(21)10-9-11(2)16(17)19(20)23/h5-10,21H,4H2,1-3H3. The van der Waals surface area contributed by atoms with Gasteiger partial charge in [0.25, 0.3) is 0 Å². The van der Waals surface area contributed by atoms with Gasteiger partial charge in [0.05, 0.1) is 5.56 Å². The van der Waals surface area contributed by atoms with Crippen molar-refractivity contribution in [2.45, 2.75) is 27.2 Å². The monoisotopic (exact) mass is 322 g/mol. The van der Waals surface area contributed by atoms with Crippen molar-refractivity contribution in [3.63, 3.8) is 0 Å². The van der Waals surface area contributed by atoms with Crippen molar-refractivity contribution >= 4 is 11.6 Å². The van der Waals surface area contributed by atoms with E-state index in [0.717, 1.165) is 12.0 Å². The van der Waals surface area contributed by atoms with Gasteiger partial charge >= 0.3 is 0 Å². The van der Waals surface area contributed by atoms with Gasteiger partial charge < -0.3 is 9.84 Å². The maximum absolute atomic E-state index is 12.9. The number of aryl methyl sites for hydroxylation is 2. The summed E-state index contributed by atoms with van der Waals surface area (Å²) in [5, 5.41) is 10.0. The van der Waals surface area contributed by atoms with Crippen LogP contribution in [-0.2, 0) is 6.42 Å². The van der Waals surface area contributed by atoms with E-state index < -0.39 is 0 Å². The number of ether oxygens (including phenoxy) is 1. The number of ketones is 2. The number of aromatic hydroxyl groups is 1. The van der Waals surface area contributed by atoms with Crippen LogP contribution in [0, 0.1) is 6.92 Å². The van der Waals surface area contributed by atoms with Crippen molar-refractivity contribution in [2.24, 2.45) is 0 Å². The van der Waals surface area contributed by atoms with E-state index in [1.54, 1.807) is 26.0 Å². The minimum atomic E-state index is -0.380. The van der Waals surface area contributed by atoms with E-state index in [4.69, 9.17) is 4.74 Å². The molecule has 0 heterocycles. The molecular weight excluding hydrogens is 304 g/mol. The fourth-order valence-corrected chi connectivity index (χ4v) is 2.92. The topological polar surface area (TPSA) is 63.6 Å². The Morgan fingerprint density at radius 3 is 2.38 bits per heavy atom. The molecule has 4 nitrogen and oxygen atoms in total. The van der Waals surface area contributed by atoms with Gasteiger partial charge in [-0.1, -0.05) is 31.2 Å². The van der Waals surface area contributed by atoms with Crippen LogP contribution in [0.1, 0.15) is 45.7 Å². The van der Waals surface area contributed by atoms with Crippen molar-refractivity contribution in [2.75, 3.05) is 0 Å². The Kier molecular flexibility index (Phi) is 3.97. The van der Waals surface area contributed by atoms with Crippen LogP contribution in [0.4, 0.5) is 0 Å². The van der Waals surface area contributed by atoms with E-state index in [9.17, 15) is 14.7 Å². The summed E-state index contributed by atoms with van der Waals surface area (Å²) in [5.41, 5.74) is 2.08. The van der Waals surface area contributed by atoms with Gasteiger partial charge in [0, 0.05) is 11.1 Å². The maximum atomic E-state index is 12.9. The molecule has 3 rings (SSSR count). The lowest BCUT2D eigenvalue weighted by Crippen LogP contribution is -2.25. The summed E-state index contributed by atoms with van der Waals surface area (Å²) >= 11 is 0. The third kappa shape index (κ3) is 2.40. The SMILES string of the molecule is CCc1ccccc1OC1=C(C)C(=O)c2c(O)ccc(C)c2C1=O. The average Bonchev–Trinajstić information content (AvgIpc) is 2.58. The van der Waals surface area contributed by atoms with Crippen molar-refractivity contribution in [3.05, 3.63) is 70.0 Å². The van der Waals surface area contributed by atoms with Crippen LogP contribution in [0.2, 0.25) is 0 Å². The highest BCUT2D eigenvalue weighted by Gasteiger charge is 2.35. The Bertz CT molecular complexity index is 891. The quantitative estimate of drug-likeness (QED) is 0.928. The minimum absolute atomic E-state index is 0.0297. The summed E-state index contributed by atoms with van der Waals surface area (Å²) in [7, 11) is 0. The van der Waals surface area contributed by atoms with Crippen LogP contribution >= 0.6 is 0 Å². The molecule has 122 valence electrons. The van der Waals surface area contributed by atoms with Gasteiger partial charge in [-0.15, -0.1) is 0 Å². The normalized spacial score (nSPS) is 14.0. The first kappa shape index (κ1) is 16.0. The second-order valence-electron chi connectivity index (χ2n) is 5.83. The number of fused-ring (bicyclic) bond motifs is 1. The molecule has 1 aliphatic carbocycles. The van der Waals surface area contributed by atoms with Crippen LogP contribution in [0.5, 0.6) is 11.5 Å². The molecule has 0 amide bonds. The van der Waals surface area contributed by atoms with Gasteiger partial charge in [0.2, 0.25) is 5.78 Å². The zero-order chi connectivity index (χ0) is 17.4. The first-order valence-electron chi connectivity index (χ1n) is 7.84. The third-order valence-corrected chi connectivity index (χ3v) is 4.30. The van der Waals surface area contributed by atoms with Crippen LogP contribution in [0.25, 0.3) is 0 Å². The van der Waals surface area contributed by atoms with E-state index in [2.05, 4.69) is 0 Å². The number of hydrogen-bond donors (Lipinski definition) is 1. The van der Waals surface area contributed by atoms with E-state index in [1.807, 2.05) is 25.1 Å². The summed E-state index contributed by atoms with van der Waals surface area (Å²) in [4.78, 5) is 25.5. The van der Waals surface area contributed by atoms with Gasteiger partial charge in [-0.3, -0.25) is 9.59 Å². The smallest absolute Gasteiger partial charge is 0.229 e. The van der Waals surface area contributed by atoms with Gasteiger partial charge in [-0.05, 0) is 43.5 Å². The number of benzene rings is 2. The molecule has 0 bridgehead atoms. The number of hydrogen-bond acceptors (Lipinski definition) is 4. The number of carbonyl (C=O) groups excluding carboxylic acids is 2. The van der Waals surface area contributed by atoms with Crippen LogP contribution in [-0.4, -0.2) is 16.7 Å². The molecule has 0 radical (unpaired) electrons. The van der Waals surface area contributed by atoms with E-state index in [0.29, 0.717) is 11.3 Å². The molecule has 0 saturated heterocycles. The van der Waals surface area contributed by atoms with Crippen molar-refractivity contribution in [1.29, 1.82) is 0 Å². The summed E-state index contributed by atoms with van der Waals surface area (Å²) < 4.78 is 5.85. The maximum Gasteiger partial charge on any atom is 0.229 e. The van der Waals surface area contributed by atoms with Gasteiger partial charge in [-0.25, -0.2) is 0 Å². The fourth-order valence-electron chi connectivity index (χ4n) is 2.92. The van der Waals surface area contributed by atoms with Gasteiger partial charge in [-0.2, -0.15) is 0 Å². The lowest BCUT2D eigenvalue weighted by Gasteiger charge is -2.22. The predicted molar refractivity (Wildman–Crippen MR) is 90.7 cm³/mol. The molecule has 4 heteroatoms. The second-order valence-corrected chi connectivity index (χ2v) is 5.83. The number of carbonyl (C=O) groups is 2. The molecule has 0 atom stereocenters. The molecule has 2 aromatic carbocycles. The number of Topliss-reactive ketones (excluding diaryl/α,β-unsaturated/α-hetero) is 2. The summed E-state index contributed by atoms with van der Waals surface area (Å²) in [6.07, 6.45) is 0.751. The van der Waals surface area contributed by atoms with Crippen LogP contribution in [0.15, 0.2) is 47.7 Å². The number of phenolic OH excluding ortho intramolecular Hbond substituents is 1. The molecule has 24 heavy (non-hydrogen) atoms. The Morgan fingerprint density at radius 1 is 0.958 bits per heavy atom. The first-order valence-corrected chi connectivity index (χ1v) is 7.84. The summed E-state index contributed by atoms with van der Waals surface area (Å²) in [6, 6.07) is 10.5. The van der Waals surface area contributed by atoms with Crippen LogP contribution < -0.4 is 4.74 Å². The molecule has 0 spiro atoms. The number of para-hydroxylation sites is 1. The Labute approximate surface area is 140 Å². The van der Waals surface area contributed by atoms with Crippen molar-refractivity contribution in [1.82, 2.24) is 0 Å². The lowest BCUT2D eigenvalue weighted by molar-refractivity contribution is 0.0934. The molecular formula is C20H18O4. The Balaban J connectivity index is 2.13. The lowest BCUT2D eigenvalue weighted by atomic mass is 9.85. The zero-order valence-corrected chi connectivity index (χ0v) is 13.8. The van der Waals surface area contributed by atoms with E-state index in [-0.39, 0.29) is 39.8 Å². The van der Waals surface area contributed by atoms with Crippen LogP contribution in [0.3, 0.4) is 0 Å².